The van der Waals surface area contributed by atoms with Gasteiger partial charge in [-0.05, 0) is 24.1 Å². The van der Waals surface area contributed by atoms with Gasteiger partial charge in [-0.3, -0.25) is 4.79 Å². The van der Waals surface area contributed by atoms with Crippen molar-refractivity contribution in [3.8, 4) is 0 Å². The Bertz CT molecular complexity index is 572. The minimum absolute atomic E-state index is 0.145. The number of nitrogens with one attached hydrogen (secondary N) is 1. The average Bonchev–Trinajstić information content (AvgIpc) is 2.48. The summed E-state index contributed by atoms with van der Waals surface area (Å²) in [5, 5.41) is 12.1. The smallest absolute Gasteiger partial charge is 0.272 e. The van der Waals surface area contributed by atoms with Gasteiger partial charge in [0.2, 0.25) is 0 Å². The molecule has 5 nitrogen and oxygen atoms in total. The Morgan fingerprint density at radius 3 is 2.65 bits per heavy atom. The summed E-state index contributed by atoms with van der Waals surface area (Å²) in [6.07, 6.45) is 2.06. The molecule has 5 heteroatoms. The normalized spacial score (nSPS) is 11.8. The van der Waals surface area contributed by atoms with E-state index in [2.05, 4.69) is 10.3 Å². The topological polar surface area (TPSA) is 88.2 Å². The van der Waals surface area contributed by atoms with E-state index in [1.54, 1.807) is 12.1 Å². The highest BCUT2D eigenvalue weighted by Crippen LogP contribution is 2.08. The summed E-state index contributed by atoms with van der Waals surface area (Å²) in [5.41, 5.74) is 7.25. The second kappa shape index (κ2) is 6.68. The molecular formula is C15H17N3O2. The highest BCUT2D eigenvalue weighted by molar-refractivity contribution is 5.97. The quantitative estimate of drug-likeness (QED) is 0.757. The molecule has 0 aliphatic heterocycles. The first-order chi connectivity index (χ1) is 9.70. The number of aliphatic hydroxyl groups excluding tert-OH is 1. The van der Waals surface area contributed by atoms with Crippen molar-refractivity contribution in [2.45, 2.75) is 12.5 Å². The lowest BCUT2D eigenvalue weighted by molar-refractivity contribution is 0.0912. The van der Waals surface area contributed by atoms with Gasteiger partial charge >= 0.3 is 0 Å². The Hall–Kier alpha value is -2.40. The summed E-state index contributed by atoms with van der Waals surface area (Å²) in [5.74, 6) is -0.377. The van der Waals surface area contributed by atoms with E-state index < -0.39 is 0 Å². The van der Waals surface area contributed by atoms with Gasteiger partial charge in [0.15, 0.2) is 5.69 Å². The largest absolute Gasteiger partial charge is 0.397 e. The van der Waals surface area contributed by atoms with Crippen LogP contribution in [0.2, 0.25) is 0 Å². The van der Waals surface area contributed by atoms with Crippen molar-refractivity contribution in [3.63, 3.8) is 0 Å². The average molecular weight is 271 g/mol. The summed E-state index contributed by atoms with van der Waals surface area (Å²) in [7, 11) is 0. The van der Waals surface area contributed by atoms with Crippen LogP contribution in [-0.2, 0) is 6.42 Å². The molecule has 1 aromatic carbocycles. The molecule has 0 bridgehead atoms. The molecule has 1 amide bonds. The van der Waals surface area contributed by atoms with Crippen LogP contribution in [0.3, 0.4) is 0 Å². The summed E-state index contributed by atoms with van der Waals surface area (Å²) < 4.78 is 0. The number of aromatic nitrogens is 1. The Labute approximate surface area is 117 Å². The van der Waals surface area contributed by atoms with Gasteiger partial charge in [-0.15, -0.1) is 0 Å². The molecule has 0 fully saturated rings. The van der Waals surface area contributed by atoms with Crippen LogP contribution in [0.15, 0.2) is 48.7 Å². The van der Waals surface area contributed by atoms with E-state index in [4.69, 9.17) is 5.73 Å². The number of anilines is 1. The number of amides is 1. The van der Waals surface area contributed by atoms with E-state index >= 15 is 0 Å². The molecule has 1 unspecified atom stereocenters. The van der Waals surface area contributed by atoms with Crippen molar-refractivity contribution in [2.24, 2.45) is 0 Å². The van der Waals surface area contributed by atoms with Gasteiger partial charge in [0.25, 0.3) is 5.91 Å². The van der Waals surface area contributed by atoms with E-state index in [1.165, 1.54) is 6.20 Å². The Morgan fingerprint density at radius 1 is 1.25 bits per heavy atom. The van der Waals surface area contributed by atoms with E-state index in [1.807, 2.05) is 30.3 Å². The second-order valence-electron chi connectivity index (χ2n) is 4.48. The zero-order valence-electron chi connectivity index (χ0n) is 11.0. The molecule has 20 heavy (non-hydrogen) atoms. The minimum Gasteiger partial charge on any atom is -0.397 e. The maximum absolute atomic E-state index is 12.1. The number of carbonyl (C=O) groups excluding carboxylic acids is 1. The van der Waals surface area contributed by atoms with Gasteiger partial charge in [0.05, 0.1) is 18.3 Å². The lowest BCUT2D eigenvalue weighted by atomic mass is 10.1. The van der Waals surface area contributed by atoms with Crippen LogP contribution < -0.4 is 11.1 Å². The number of rotatable bonds is 5. The second-order valence-corrected chi connectivity index (χ2v) is 4.48. The molecule has 4 N–H and O–H groups in total. The van der Waals surface area contributed by atoms with Crippen LogP contribution in [-0.4, -0.2) is 28.6 Å². The molecule has 1 heterocycles. The number of carbonyl (C=O) groups is 1. The van der Waals surface area contributed by atoms with Crippen LogP contribution in [0.4, 0.5) is 5.69 Å². The molecule has 0 aliphatic rings. The van der Waals surface area contributed by atoms with Crippen LogP contribution in [0, 0.1) is 0 Å². The van der Waals surface area contributed by atoms with Gasteiger partial charge in [-0.25, -0.2) is 4.98 Å². The first-order valence-corrected chi connectivity index (χ1v) is 6.37. The number of hydrogen-bond acceptors (Lipinski definition) is 4. The van der Waals surface area contributed by atoms with Crippen molar-refractivity contribution in [2.75, 3.05) is 12.3 Å². The molecule has 2 rings (SSSR count). The third-order valence-electron chi connectivity index (χ3n) is 2.93. The van der Waals surface area contributed by atoms with Crippen LogP contribution >= 0.6 is 0 Å². The molecule has 1 atom stereocenters. The van der Waals surface area contributed by atoms with E-state index in [0.717, 1.165) is 5.56 Å². The standard InChI is InChI=1S/C15H17N3O2/c16-13-7-4-8-17-14(13)15(20)18-12(10-19)9-11-5-2-1-3-6-11/h1-8,12,19H,9-10,16H2,(H,18,20). The number of nitrogens with two attached hydrogens (primary N) is 1. The molecule has 0 spiro atoms. The number of pyridine rings is 1. The molecule has 0 saturated carbocycles. The Balaban J connectivity index is 2.03. The monoisotopic (exact) mass is 271 g/mol. The van der Waals surface area contributed by atoms with Gasteiger partial charge in [-0.1, -0.05) is 30.3 Å². The fourth-order valence-corrected chi connectivity index (χ4v) is 1.92. The van der Waals surface area contributed by atoms with Gasteiger partial charge < -0.3 is 16.2 Å². The number of benzene rings is 1. The van der Waals surface area contributed by atoms with E-state index in [9.17, 15) is 9.90 Å². The fourth-order valence-electron chi connectivity index (χ4n) is 1.92. The van der Waals surface area contributed by atoms with Crippen LogP contribution in [0.1, 0.15) is 16.1 Å². The van der Waals surface area contributed by atoms with E-state index in [-0.39, 0.29) is 24.2 Å². The maximum atomic E-state index is 12.1. The van der Waals surface area contributed by atoms with Gasteiger partial charge in [0, 0.05) is 6.20 Å². The third kappa shape index (κ3) is 3.55. The van der Waals surface area contributed by atoms with Gasteiger partial charge in [-0.2, -0.15) is 0 Å². The van der Waals surface area contributed by atoms with Crippen molar-refractivity contribution in [3.05, 3.63) is 59.9 Å². The highest BCUT2D eigenvalue weighted by atomic mass is 16.3. The predicted molar refractivity (Wildman–Crippen MR) is 77.1 cm³/mol. The van der Waals surface area contributed by atoms with Crippen LogP contribution in [0.25, 0.3) is 0 Å². The number of nitrogen functional groups attached to an aromatic ring is 1. The van der Waals surface area contributed by atoms with Crippen molar-refractivity contribution in [1.29, 1.82) is 0 Å². The third-order valence-corrected chi connectivity index (χ3v) is 2.93. The van der Waals surface area contributed by atoms with Crippen molar-refractivity contribution in [1.82, 2.24) is 10.3 Å². The molecule has 0 aliphatic carbocycles. The zero-order valence-corrected chi connectivity index (χ0v) is 11.0. The molecule has 104 valence electrons. The molecule has 0 radical (unpaired) electrons. The molecule has 1 aromatic heterocycles. The molecule has 2 aromatic rings. The van der Waals surface area contributed by atoms with Crippen LogP contribution in [0.5, 0.6) is 0 Å². The maximum Gasteiger partial charge on any atom is 0.272 e. The summed E-state index contributed by atoms with van der Waals surface area (Å²) in [6, 6.07) is 12.6. The lowest BCUT2D eigenvalue weighted by Gasteiger charge is -2.16. The van der Waals surface area contributed by atoms with Crippen molar-refractivity contribution < 1.29 is 9.90 Å². The summed E-state index contributed by atoms with van der Waals surface area (Å²) in [4.78, 5) is 16.0. The van der Waals surface area contributed by atoms with Gasteiger partial charge in [0.1, 0.15) is 0 Å². The SMILES string of the molecule is Nc1cccnc1C(=O)NC(CO)Cc1ccccc1. The Kier molecular flexibility index (Phi) is 4.68. The minimum atomic E-state index is -0.377. The number of nitrogens with zero attached hydrogens (tertiary/aromatic N) is 1. The number of aliphatic hydroxyl groups is 1. The first-order valence-electron chi connectivity index (χ1n) is 6.37. The van der Waals surface area contributed by atoms with Crippen molar-refractivity contribution >= 4 is 11.6 Å². The first kappa shape index (κ1) is 14.0. The summed E-state index contributed by atoms with van der Waals surface area (Å²) in [6.45, 7) is -0.145. The highest BCUT2D eigenvalue weighted by Gasteiger charge is 2.16. The number of hydrogen-bond donors (Lipinski definition) is 3. The zero-order chi connectivity index (χ0) is 14.4. The fraction of sp³-hybridized carbons (Fsp3) is 0.200. The molecule has 0 saturated heterocycles. The lowest BCUT2D eigenvalue weighted by Crippen LogP contribution is -2.39. The summed E-state index contributed by atoms with van der Waals surface area (Å²) >= 11 is 0. The van der Waals surface area contributed by atoms with E-state index in [0.29, 0.717) is 12.1 Å². The Morgan fingerprint density at radius 2 is 2.00 bits per heavy atom. The predicted octanol–water partition coefficient (Wildman–Crippen LogP) is 0.997. The molecular weight excluding hydrogens is 254 g/mol.